The van der Waals surface area contributed by atoms with Gasteiger partial charge in [-0.1, -0.05) is 0 Å². The highest BCUT2D eigenvalue weighted by Crippen LogP contribution is 2.43. The van der Waals surface area contributed by atoms with Crippen LogP contribution in [-0.2, 0) is 19.2 Å². The molecule has 4 unspecified atom stereocenters. The number of Topliss-reactive ketones (excluding diaryl/α,β-unsaturated/α-hetero) is 2. The number of carboxylic acids is 2. The molecule has 17 heavy (non-hydrogen) atoms. The minimum Gasteiger partial charge on any atom is -0.481 e. The molecule has 94 valence electrons. The summed E-state index contributed by atoms with van der Waals surface area (Å²) in [6, 6.07) is 0. The second-order valence-electron chi connectivity index (χ2n) is 4.40. The first-order valence-electron chi connectivity index (χ1n) is 5.23. The smallest absolute Gasteiger partial charge is 0.307 e. The number of ketones is 2. The summed E-state index contributed by atoms with van der Waals surface area (Å²) in [4.78, 5) is 44.9. The molecule has 0 bridgehead atoms. The molecule has 0 heterocycles. The van der Waals surface area contributed by atoms with E-state index in [0.717, 1.165) is 0 Å². The molecule has 1 aliphatic carbocycles. The van der Waals surface area contributed by atoms with Crippen LogP contribution in [0.1, 0.15) is 20.3 Å². The van der Waals surface area contributed by atoms with Crippen molar-refractivity contribution in [1.29, 1.82) is 0 Å². The summed E-state index contributed by atoms with van der Waals surface area (Å²) in [7, 11) is 0. The molecule has 6 heteroatoms. The van der Waals surface area contributed by atoms with Gasteiger partial charge in [-0.15, -0.1) is 0 Å². The van der Waals surface area contributed by atoms with Crippen LogP contribution in [0, 0.1) is 23.7 Å². The number of rotatable bonds is 4. The number of carbonyl (C=O) groups excluding carboxylic acids is 2. The topological polar surface area (TPSA) is 109 Å². The average Bonchev–Trinajstić information content (AvgIpc) is 2.56. The zero-order valence-electron chi connectivity index (χ0n) is 9.54. The largest absolute Gasteiger partial charge is 0.481 e. The molecule has 0 aromatic carbocycles. The Kier molecular flexibility index (Phi) is 3.65. The predicted molar refractivity (Wildman–Crippen MR) is 55.2 cm³/mol. The molecular weight excluding hydrogens is 228 g/mol. The summed E-state index contributed by atoms with van der Waals surface area (Å²) in [5, 5.41) is 18.0. The van der Waals surface area contributed by atoms with Gasteiger partial charge >= 0.3 is 11.9 Å². The molecule has 1 fully saturated rings. The van der Waals surface area contributed by atoms with Crippen LogP contribution in [0.25, 0.3) is 0 Å². The van der Waals surface area contributed by atoms with Gasteiger partial charge < -0.3 is 10.2 Å². The first kappa shape index (κ1) is 13.3. The number of carboxylic acid groups (broad SMARTS) is 2. The first-order valence-corrected chi connectivity index (χ1v) is 5.23. The zero-order valence-corrected chi connectivity index (χ0v) is 9.54. The molecule has 4 atom stereocenters. The van der Waals surface area contributed by atoms with Gasteiger partial charge in [0.2, 0.25) is 0 Å². The second kappa shape index (κ2) is 4.65. The maximum absolute atomic E-state index is 11.4. The van der Waals surface area contributed by atoms with Crippen molar-refractivity contribution in [2.75, 3.05) is 0 Å². The fraction of sp³-hybridized carbons (Fsp3) is 0.636. The van der Waals surface area contributed by atoms with Crippen molar-refractivity contribution in [2.45, 2.75) is 20.3 Å². The lowest BCUT2D eigenvalue weighted by Crippen LogP contribution is -2.33. The van der Waals surface area contributed by atoms with Gasteiger partial charge in [-0.25, -0.2) is 0 Å². The molecule has 6 nitrogen and oxygen atoms in total. The Morgan fingerprint density at radius 3 is 1.29 bits per heavy atom. The third-order valence-corrected chi connectivity index (χ3v) is 3.33. The molecule has 0 amide bonds. The SMILES string of the molecule is CC(=O)C1C(C(=O)O)CC(C(=O)O)C1C(C)=O. The van der Waals surface area contributed by atoms with Crippen LogP contribution in [0.5, 0.6) is 0 Å². The van der Waals surface area contributed by atoms with E-state index in [9.17, 15) is 19.2 Å². The van der Waals surface area contributed by atoms with Crippen LogP contribution < -0.4 is 0 Å². The van der Waals surface area contributed by atoms with E-state index in [1.807, 2.05) is 0 Å². The minimum atomic E-state index is -1.22. The maximum atomic E-state index is 11.4. The highest BCUT2D eigenvalue weighted by Gasteiger charge is 2.53. The Hall–Kier alpha value is -1.72. The molecule has 0 aromatic heterocycles. The monoisotopic (exact) mass is 242 g/mol. The lowest BCUT2D eigenvalue weighted by Gasteiger charge is -2.19. The lowest BCUT2D eigenvalue weighted by atomic mass is 9.82. The van der Waals surface area contributed by atoms with Crippen LogP contribution in [0.15, 0.2) is 0 Å². The van der Waals surface area contributed by atoms with Crippen LogP contribution in [0.3, 0.4) is 0 Å². The van der Waals surface area contributed by atoms with Gasteiger partial charge in [0.1, 0.15) is 11.6 Å². The van der Waals surface area contributed by atoms with Gasteiger partial charge in [-0.05, 0) is 20.3 Å². The Morgan fingerprint density at radius 2 is 1.12 bits per heavy atom. The second-order valence-corrected chi connectivity index (χ2v) is 4.40. The van der Waals surface area contributed by atoms with E-state index >= 15 is 0 Å². The molecule has 1 aliphatic rings. The van der Waals surface area contributed by atoms with Gasteiger partial charge in [-0.2, -0.15) is 0 Å². The quantitative estimate of drug-likeness (QED) is 0.729. The molecule has 1 rings (SSSR count). The number of hydrogen-bond acceptors (Lipinski definition) is 4. The fourth-order valence-corrected chi connectivity index (χ4v) is 2.65. The number of carbonyl (C=O) groups is 4. The summed E-state index contributed by atoms with van der Waals surface area (Å²) in [6.45, 7) is 2.39. The standard InChI is InChI=1S/C11H14O6/c1-4(12)8-6(10(14)15)3-7(11(16)17)9(8)5(2)13/h6-9H,3H2,1-2H3,(H,14,15)(H,16,17). The normalized spacial score (nSPS) is 32.1. The molecule has 0 radical (unpaired) electrons. The van der Waals surface area contributed by atoms with Gasteiger partial charge in [0.25, 0.3) is 0 Å². The van der Waals surface area contributed by atoms with Gasteiger partial charge in [0.15, 0.2) is 0 Å². The van der Waals surface area contributed by atoms with Crippen molar-refractivity contribution in [3.05, 3.63) is 0 Å². The third-order valence-electron chi connectivity index (χ3n) is 3.33. The molecule has 0 aliphatic heterocycles. The van der Waals surface area contributed by atoms with Crippen LogP contribution in [0.2, 0.25) is 0 Å². The molecule has 1 saturated carbocycles. The van der Waals surface area contributed by atoms with E-state index in [-0.39, 0.29) is 6.42 Å². The maximum Gasteiger partial charge on any atom is 0.307 e. The molecular formula is C11H14O6. The van der Waals surface area contributed by atoms with Gasteiger partial charge in [0.05, 0.1) is 11.8 Å². The van der Waals surface area contributed by atoms with Crippen molar-refractivity contribution in [3.8, 4) is 0 Å². The third kappa shape index (κ3) is 2.35. The summed E-state index contributed by atoms with van der Waals surface area (Å²) in [5.74, 6) is -7.54. The summed E-state index contributed by atoms with van der Waals surface area (Å²) in [6.07, 6.45) is -0.167. The minimum absolute atomic E-state index is 0.167. The molecule has 2 N–H and O–H groups in total. The average molecular weight is 242 g/mol. The Balaban J connectivity index is 3.17. The summed E-state index contributed by atoms with van der Waals surface area (Å²) < 4.78 is 0. The number of hydrogen-bond donors (Lipinski definition) is 2. The van der Waals surface area contributed by atoms with Crippen molar-refractivity contribution in [3.63, 3.8) is 0 Å². The van der Waals surface area contributed by atoms with Crippen molar-refractivity contribution in [1.82, 2.24) is 0 Å². The van der Waals surface area contributed by atoms with Crippen molar-refractivity contribution in [2.24, 2.45) is 23.7 Å². The van der Waals surface area contributed by atoms with E-state index in [2.05, 4.69) is 0 Å². The Labute approximate surface area is 97.6 Å². The highest BCUT2D eigenvalue weighted by molar-refractivity contribution is 5.95. The number of aliphatic carboxylic acids is 2. The van der Waals surface area contributed by atoms with Gasteiger partial charge in [-0.3, -0.25) is 19.2 Å². The highest BCUT2D eigenvalue weighted by atomic mass is 16.4. The van der Waals surface area contributed by atoms with Crippen molar-refractivity contribution >= 4 is 23.5 Å². The summed E-state index contributed by atoms with van der Waals surface area (Å²) in [5.41, 5.74) is 0. The van der Waals surface area contributed by atoms with Crippen LogP contribution in [0.4, 0.5) is 0 Å². The van der Waals surface area contributed by atoms with Crippen LogP contribution in [-0.4, -0.2) is 33.7 Å². The van der Waals surface area contributed by atoms with E-state index in [1.165, 1.54) is 13.8 Å². The first-order chi connectivity index (χ1) is 7.77. The molecule has 0 spiro atoms. The Morgan fingerprint density at radius 1 is 0.824 bits per heavy atom. The van der Waals surface area contributed by atoms with Crippen molar-refractivity contribution < 1.29 is 29.4 Å². The Bertz CT molecular complexity index is 349. The fourth-order valence-electron chi connectivity index (χ4n) is 2.65. The summed E-state index contributed by atoms with van der Waals surface area (Å²) >= 11 is 0. The van der Waals surface area contributed by atoms with E-state index < -0.39 is 47.2 Å². The van der Waals surface area contributed by atoms with E-state index in [4.69, 9.17) is 10.2 Å². The molecule has 0 saturated heterocycles. The molecule has 0 aromatic rings. The van der Waals surface area contributed by atoms with Crippen LogP contribution >= 0.6 is 0 Å². The predicted octanol–water partition coefficient (Wildman–Crippen LogP) is 0.202. The van der Waals surface area contributed by atoms with E-state index in [0.29, 0.717) is 0 Å². The van der Waals surface area contributed by atoms with Gasteiger partial charge in [0, 0.05) is 11.8 Å². The lowest BCUT2D eigenvalue weighted by molar-refractivity contribution is -0.147. The zero-order chi connectivity index (χ0) is 13.3. The van der Waals surface area contributed by atoms with E-state index in [1.54, 1.807) is 0 Å².